The van der Waals surface area contributed by atoms with E-state index >= 15 is 0 Å². The molecular formula is C15H19Cl2NO2. The van der Waals surface area contributed by atoms with Gasteiger partial charge < -0.3 is 5.11 Å². The normalized spacial score (nSPS) is 23.8. The van der Waals surface area contributed by atoms with Gasteiger partial charge in [-0.05, 0) is 49.6 Å². The van der Waals surface area contributed by atoms with Crippen molar-refractivity contribution in [1.29, 1.82) is 0 Å². The predicted octanol–water partition coefficient (Wildman–Crippen LogP) is 4.07. The van der Waals surface area contributed by atoms with Gasteiger partial charge in [0, 0.05) is 23.1 Å². The van der Waals surface area contributed by atoms with Crippen LogP contribution in [0.5, 0.6) is 0 Å². The van der Waals surface area contributed by atoms with E-state index in [2.05, 4.69) is 4.90 Å². The number of hydrogen-bond acceptors (Lipinski definition) is 2. The summed E-state index contributed by atoms with van der Waals surface area (Å²) in [6.45, 7) is 4.14. The van der Waals surface area contributed by atoms with Crippen molar-refractivity contribution in [1.82, 2.24) is 4.90 Å². The van der Waals surface area contributed by atoms with Gasteiger partial charge in [0.25, 0.3) is 0 Å². The maximum Gasteiger partial charge on any atom is 0.310 e. The van der Waals surface area contributed by atoms with E-state index in [4.69, 9.17) is 23.2 Å². The van der Waals surface area contributed by atoms with Gasteiger partial charge in [0.05, 0.1) is 5.41 Å². The molecule has 5 heteroatoms. The highest BCUT2D eigenvalue weighted by Crippen LogP contribution is 2.34. The highest BCUT2D eigenvalue weighted by atomic mass is 35.5. The van der Waals surface area contributed by atoms with E-state index in [0.29, 0.717) is 29.6 Å². The van der Waals surface area contributed by atoms with Gasteiger partial charge in [-0.3, -0.25) is 9.69 Å². The molecule has 1 heterocycles. The number of piperidine rings is 1. The summed E-state index contributed by atoms with van der Waals surface area (Å²) in [4.78, 5) is 13.7. The monoisotopic (exact) mass is 315 g/mol. The number of carbonyl (C=O) groups is 1. The number of halogens is 2. The van der Waals surface area contributed by atoms with Crippen molar-refractivity contribution in [2.45, 2.75) is 32.7 Å². The topological polar surface area (TPSA) is 40.5 Å². The SMILES string of the molecule is CCC1(C(=O)O)CCCN(Cc2cc(Cl)cc(Cl)c2)C1. The van der Waals surface area contributed by atoms with Gasteiger partial charge in [-0.15, -0.1) is 0 Å². The zero-order valence-electron chi connectivity index (χ0n) is 11.5. The van der Waals surface area contributed by atoms with E-state index in [-0.39, 0.29) is 0 Å². The number of likely N-dealkylation sites (tertiary alicyclic amines) is 1. The molecule has 0 saturated carbocycles. The molecule has 110 valence electrons. The Morgan fingerprint density at radius 2 is 2.00 bits per heavy atom. The lowest BCUT2D eigenvalue weighted by Crippen LogP contribution is -2.47. The number of hydrogen-bond donors (Lipinski definition) is 1. The highest BCUT2D eigenvalue weighted by Gasteiger charge is 2.40. The van der Waals surface area contributed by atoms with Crippen LogP contribution in [-0.4, -0.2) is 29.1 Å². The smallest absolute Gasteiger partial charge is 0.310 e. The van der Waals surface area contributed by atoms with Crippen LogP contribution in [0, 0.1) is 5.41 Å². The number of carboxylic acids is 1. The Kier molecular flexibility index (Phi) is 4.95. The molecule has 1 aliphatic rings. The van der Waals surface area contributed by atoms with E-state index in [1.807, 2.05) is 19.1 Å². The molecule has 0 radical (unpaired) electrons. The maximum atomic E-state index is 11.5. The van der Waals surface area contributed by atoms with E-state index in [1.54, 1.807) is 6.07 Å². The molecule has 1 aliphatic heterocycles. The van der Waals surface area contributed by atoms with Crippen LogP contribution >= 0.6 is 23.2 Å². The standard InChI is InChI=1S/C15H19Cl2NO2/c1-2-15(14(19)20)4-3-5-18(10-15)9-11-6-12(16)8-13(17)7-11/h6-8H,2-5,9-10H2,1H3,(H,19,20). The number of nitrogens with zero attached hydrogens (tertiary/aromatic N) is 1. The summed E-state index contributed by atoms with van der Waals surface area (Å²) in [5, 5.41) is 10.7. The van der Waals surface area contributed by atoms with Crippen molar-refractivity contribution in [3.63, 3.8) is 0 Å². The third-order valence-corrected chi connectivity index (χ3v) is 4.55. The first kappa shape index (κ1) is 15.6. The van der Waals surface area contributed by atoms with Crippen molar-refractivity contribution in [3.8, 4) is 0 Å². The van der Waals surface area contributed by atoms with Crippen LogP contribution in [0.15, 0.2) is 18.2 Å². The van der Waals surface area contributed by atoms with Gasteiger partial charge in [-0.25, -0.2) is 0 Å². The lowest BCUT2D eigenvalue weighted by atomic mass is 9.77. The average molecular weight is 316 g/mol. The number of benzene rings is 1. The molecule has 0 aliphatic carbocycles. The molecule has 2 rings (SSSR count). The zero-order valence-corrected chi connectivity index (χ0v) is 13.0. The van der Waals surface area contributed by atoms with Crippen molar-refractivity contribution in [2.24, 2.45) is 5.41 Å². The molecular weight excluding hydrogens is 297 g/mol. The fraction of sp³-hybridized carbons (Fsp3) is 0.533. The summed E-state index contributed by atoms with van der Waals surface area (Å²) in [7, 11) is 0. The molecule has 1 aromatic carbocycles. The van der Waals surface area contributed by atoms with Crippen LogP contribution in [0.25, 0.3) is 0 Å². The minimum absolute atomic E-state index is 0.586. The molecule has 0 amide bonds. The van der Waals surface area contributed by atoms with Gasteiger partial charge in [-0.2, -0.15) is 0 Å². The average Bonchev–Trinajstić information content (AvgIpc) is 2.37. The molecule has 0 spiro atoms. The molecule has 1 saturated heterocycles. The molecule has 1 unspecified atom stereocenters. The third kappa shape index (κ3) is 3.46. The Morgan fingerprint density at radius 3 is 2.55 bits per heavy atom. The molecule has 1 aromatic rings. The van der Waals surface area contributed by atoms with Crippen LogP contribution in [-0.2, 0) is 11.3 Å². The van der Waals surface area contributed by atoms with E-state index < -0.39 is 11.4 Å². The van der Waals surface area contributed by atoms with E-state index in [9.17, 15) is 9.90 Å². The lowest BCUT2D eigenvalue weighted by Gasteiger charge is -2.39. The Hall–Kier alpha value is -0.770. The van der Waals surface area contributed by atoms with Gasteiger partial charge in [-0.1, -0.05) is 30.1 Å². The number of rotatable bonds is 4. The summed E-state index contributed by atoms with van der Waals surface area (Å²) >= 11 is 12.0. The summed E-state index contributed by atoms with van der Waals surface area (Å²) in [5.41, 5.74) is 0.417. The lowest BCUT2D eigenvalue weighted by molar-refractivity contribution is -0.153. The highest BCUT2D eigenvalue weighted by molar-refractivity contribution is 6.34. The van der Waals surface area contributed by atoms with Crippen LogP contribution in [0.2, 0.25) is 10.0 Å². The minimum atomic E-state index is -0.686. The second-order valence-corrected chi connectivity index (χ2v) is 6.40. The fourth-order valence-electron chi connectivity index (χ4n) is 2.94. The van der Waals surface area contributed by atoms with Crippen LogP contribution in [0.4, 0.5) is 0 Å². The van der Waals surface area contributed by atoms with Gasteiger partial charge in [0.15, 0.2) is 0 Å². The summed E-state index contributed by atoms with van der Waals surface area (Å²) in [6, 6.07) is 5.48. The molecule has 0 bridgehead atoms. The minimum Gasteiger partial charge on any atom is -0.481 e. The van der Waals surface area contributed by atoms with Crippen LogP contribution in [0.1, 0.15) is 31.7 Å². The quantitative estimate of drug-likeness (QED) is 0.910. The Bertz CT molecular complexity index is 486. The largest absolute Gasteiger partial charge is 0.481 e. The summed E-state index contributed by atoms with van der Waals surface area (Å²) in [5.74, 6) is -0.686. The second kappa shape index (κ2) is 6.33. The molecule has 0 aromatic heterocycles. The van der Waals surface area contributed by atoms with Gasteiger partial charge in [0.1, 0.15) is 0 Å². The molecule has 20 heavy (non-hydrogen) atoms. The molecule has 3 nitrogen and oxygen atoms in total. The fourth-order valence-corrected chi connectivity index (χ4v) is 3.51. The van der Waals surface area contributed by atoms with Gasteiger partial charge >= 0.3 is 5.97 Å². The Labute approximate surface area is 129 Å². The summed E-state index contributed by atoms with van der Waals surface area (Å²) in [6.07, 6.45) is 2.33. The van der Waals surface area contributed by atoms with Crippen LogP contribution in [0.3, 0.4) is 0 Å². The van der Waals surface area contributed by atoms with E-state index in [1.165, 1.54) is 0 Å². The maximum absolute atomic E-state index is 11.5. The Morgan fingerprint density at radius 1 is 1.35 bits per heavy atom. The molecule has 1 fully saturated rings. The number of aliphatic carboxylic acids is 1. The van der Waals surface area contributed by atoms with Gasteiger partial charge in [0.2, 0.25) is 0 Å². The summed E-state index contributed by atoms with van der Waals surface area (Å²) < 4.78 is 0. The Balaban J connectivity index is 2.11. The first-order valence-electron chi connectivity index (χ1n) is 6.86. The molecule has 1 atom stereocenters. The first-order valence-corrected chi connectivity index (χ1v) is 7.61. The van der Waals surface area contributed by atoms with Crippen molar-refractivity contribution < 1.29 is 9.90 Å². The van der Waals surface area contributed by atoms with Crippen molar-refractivity contribution in [3.05, 3.63) is 33.8 Å². The van der Waals surface area contributed by atoms with Crippen molar-refractivity contribution in [2.75, 3.05) is 13.1 Å². The first-order chi connectivity index (χ1) is 9.45. The zero-order chi connectivity index (χ0) is 14.8. The van der Waals surface area contributed by atoms with E-state index in [0.717, 1.165) is 24.9 Å². The molecule has 1 N–H and O–H groups in total. The van der Waals surface area contributed by atoms with Crippen molar-refractivity contribution >= 4 is 29.2 Å². The predicted molar refractivity (Wildman–Crippen MR) is 81.3 cm³/mol. The number of carboxylic acid groups (broad SMARTS) is 1. The second-order valence-electron chi connectivity index (χ2n) is 5.53. The van der Waals surface area contributed by atoms with Crippen LogP contribution < -0.4 is 0 Å². The third-order valence-electron chi connectivity index (χ3n) is 4.11.